The molecule has 7 nitrogen and oxygen atoms in total. The third-order valence-electron chi connectivity index (χ3n) is 5.47. The van der Waals surface area contributed by atoms with Crippen molar-refractivity contribution in [2.75, 3.05) is 45.2 Å². The fourth-order valence-electron chi connectivity index (χ4n) is 3.42. The minimum Gasteiger partial charge on any atom is -0.378 e. The molecule has 30 heavy (non-hydrogen) atoms. The summed E-state index contributed by atoms with van der Waals surface area (Å²) < 4.78 is 5.31. The standard InChI is InChI=1S/C22H29N5O2S/c1-26-9-11-27(12-10-26)20-13-19(14-29-2)24-22(25-20)30-15-16-3-5-17(6-4-16)21(28)23-18-7-8-18/h3-6,13,18H,7-12,14-15H2,1-2H3,(H,23,28)/p+1. The van der Waals surface area contributed by atoms with E-state index in [4.69, 9.17) is 9.72 Å². The fraction of sp³-hybridized carbons (Fsp3) is 0.500. The molecule has 1 aromatic heterocycles. The maximum absolute atomic E-state index is 12.1. The molecular weight excluding hydrogens is 398 g/mol. The molecule has 2 heterocycles. The van der Waals surface area contributed by atoms with Crippen LogP contribution < -0.4 is 15.1 Å². The van der Waals surface area contributed by atoms with Crippen LogP contribution in [0.4, 0.5) is 5.82 Å². The molecule has 1 aromatic carbocycles. The number of rotatable bonds is 8. The van der Waals surface area contributed by atoms with Gasteiger partial charge >= 0.3 is 0 Å². The van der Waals surface area contributed by atoms with Crippen LogP contribution >= 0.6 is 11.8 Å². The molecular formula is C22H30N5O2S+. The molecule has 0 bridgehead atoms. The lowest BCUT2D eigenvalue weighted by Crippen LogP contribution is -3.12. The van der Waals surface area contributed by atoms with Crippen LogP contribution in [0.1, 0.15) is 34.5 Å². The number of ether oxygens (including phenoxy) is 1. The number of amides is 1. The van der Waals surface area contributed by atoms with Gasteiger partial charge < -0.3 is 19.9 Å². The molecule has 8 heteroatoms. The first-order valence-electron chi connectivity index (χ1n) is 10.6. The summed E-state index contributed by atoms with van der Waals surface area (Å²) in [5.41, 5.74) is 2.77. The second-order valence-electron chi connectivity index (χ2n) is 8.11. The number of carbonyl (C=O) groups is 1. The van der Waals surface area contributed by atoms with Gasteiger partial charge in [0.15, 0.2) is 5.16 Å². The van der Waals surface area contributed by atoms with Crippen molar-refractivity contribution >= 4 is 23.5 Å². The van der Waals surface area contributed by atoms with E-state index in [0.29, 0.717) is 18.2 Å². The van der Waals surface area contributed by atoms with Gasteiger partial charge in [-0.3, -0.25) is 4.79 Å². The van der Waals surface area contributed by atoms with E-state index in [1.54, 1.807) is 23.8 Å². The van der Waals surface area contributed by atoms with Crippen LogP contribution in [0.25, 0.3) is 0 Å². The Hall–Kier alpha value is -2.16. The number of hydrogen-bond donors (Lipinski definition) is 2. The van der Waals surface area contributed by atoms with E-state index in [0.717, 1.165) is 67.0 Å². The highest BCUT2D eigenvalue weighted by Crippen LogP contribution is 2.24. The molecule has 160 valence electrons. The van der Waals surface area contributed by atoms with Crippen LogP contribution in [0.15, 0.2) is 35.5 Å². The summed E-state index contributed by atoms with van der Waals surface area (Å²) in [7, 11) is 3.92. The molecule has 1 amide bonds. The van der Waals surface area contributed by atoms with Gasteiger partial charge in [-0.1, -0.05) is 23.9 Å². The fourth-order valence-corrected chi connectivity index (χ4v) is 4.25. The van der Waals surface area contributed by atoms with E-state index in [1.165, 1.54) is 0 Å². The lowest BCUT2D eigenvalue weighted by atomic mass is 10.1. The molecule has 4 rings (SSSR count). The molecule has 2 aliphatic rings. The first kappa shape index (κ1) is 21.1. The Morgan fingerprint density at radius 2 is 1.97 bits per heavy atom. The number of anilines is 1. The lowest BCUT2D eigenvalue weighted by molar-refractivity contribution is -0.880. The molecule has 0 atom stereocenters. The molecule has 0 unspecified atom stereocenters. The Labute approximate surface area is 182 Å². The van der Waals surface area contributed by atoms with E-state index in [1.807, 2.05) is 30.3 Å². The number of hydrogen-bond acceptors (Lipinski definition) is 6. The van der Waals surface area contributed by atoms with Crippen molar-refractivity contribution in [2.45, 2.75) is 36.4 Å². The Morgan fingerprint density at radius 1 is 1.23 bits per heavy atom. The maximum atomic E-state index is 12.1. The zero-order valence-corrected chi connectivity index (χ0v) is 18.5. The zero-order valence-electron chi connectivity index (χ0n) is 17.7. The van der Waals surface area contributed by atoms with Gasteiger partial charge in [0.2, 0.25) is 0 Å². The Balaban J connectivity index is 1.41. The monoisotopic (exact) mass is 428 g/mol. The highest BCUT2D eigenvalue weighted by atomic mass is 32.2. The number of quaternary nitrogens is 1. The highest BCUT2D eigenvalue weighted by molar-refractivity contribution is 7.98. The van der Waals surface area contributed by atoms with Crippen LogP contribution in [-0.4, -0.2) is 62.3 Å². The van der Waals surface area contributed by atoms with Crippen molar-refractivity contribution < 1.29 is 14.4 Å². The van der Waals surface area contributed by atoms with Crippen molar-refractivity contribution in [3.63, 3.8) is 0 Å². The van der Waals surface area contributed by atoms with Gasteiger partial charge in [0.05, 0.1) is 45.5 Å². The normalized spacial score (nSPS) is 17.2. The molecule has 2 aromatic rings. The van der Waals surface area contributed by atoms with Gasteiger partial charge in [-0.15, -0.1) is 0 Å². The topological polar surface area (TPSA) is 71.8 Å². The van der Waals surface area contributed by atoms with Crippen LogP contribution in [0.2, 0.25) is 0 Å². The van der Waals surface area contributed by atoms with Gasteiger partial charge in [0, 0.05) is 30.5 Å². The quantitative estimate of drug-likeness (QED) is 0.485. The third-order valence-corrected chi connectivity index (χ3v) is 6.39. The van der Waals surface area contributed by atoms with Gasteiger partial charge in [0.25, 0.3) is 5.91 Å². The van der Waals surface area contributed by atoms with Gasteiger partial charge in [0.1, 0.15) is 5.82 Å². The smallest absolute Gasteiger partial charge is 0.251 e. The molecule has 1 saturated carbocycles. The number of aromatic nitrogens is 2. The predicted molar refractivity (Wildman–Crippen MR) is 118 cm³/mol. The van der Waals surface area contributed by atoms with E-state index < -0.39 is 0 Å². The molecule has 1 aliphatic carbocycles. The van der Waals surface area contributed by atoms with Crippen LogP contribution in [0.3, 0.4) is 0 Å². The maximum Gasteiger partial charge on any atom is 0.251 e. The number of nitrogens with zero attached hydrogens (tertiary/aromatic N) is 3. The van der Waals surface area contributed by atoms with Crippen LogP contribution in [-0.2, 0) is 17.1 Å². The number of carbonyl (C=O) groups excluding carboxylic acids is 1. The first-order valence-corrected chi connectivity index (χ1v) is 11.5. The van der Waals surface area contributed by atoms with Crippen molar-refractivity contribution in [2.24, 2.45) is 0 Å². The van der Waals surface area contributed by atoms with Crippen molar-refractivity contribution in [1.29, 1.82) is 0 Å². The van der Waals surface area contributed by atoms with Crippen molar-refractivity contribution in [1.82, 2.24) is 15.3 Å². The van der Waals surface area contributed by atoms with Gasteiger partial charge in [-0.05, 0) is 30.5 Å². The molecule has 0 radical (unpaired) electrons. The predicted octanol–water partition coefficient (Wildman–Crippen LogP) is 1.14. The summed E-state index contributed by atoms with van der Waals surface area (Å²) in [6, 6.07) is 10.2. The molecule has 1 saturated heterocycles. The summed E-state index contributed by atoms with van der Waals surface area (Å²) >= 11 is 1.62. The van der Waals surface area contributed by atoms with E-state index in [2.05, 4.69) is 22.2 Å². The minimum absolute atomic E-state index is 0.0194. The van der Waals surface area contributed by atoms with E-state index in [-0.39, 0.29) is 5.91 Å². The Morgan fingerprint density at radius 3 is 2.63 bits per heavy atom. The first-order chi connectivity index (χ1) is 14.6. The SMILES string of the molecule is COCc1cc(N2CC[NH+](C)CC2)nc(SCc2ccc(C(=O)NC3CC3)cc2)n1. The number of thioether (sulfide) groups is 1. The molecule has 2 N–H and O–H groups in total. The summed E-state index contributed by atoms with van der Waals surface area (Å²) in [6.45, 7) is 4.72. The molecule has 0 spiro atoms. The average molecular weight is 429 g/mol. The number of methoxy groups -OCH3 is 1. The third kappa shape index (κ3) is 5.71. The average Bonchev–Trinajstić information content (AvgIpc) is 3.57. The number of benzene rings is 1. The molecule has 2 fully saturated rings. The Kier molecular flexibility index (Phi) is 6.86. The largest absolute Gasteiger partial charge is 0.378 e. The summed E-state index contributed by atoms with van der Waals surface area (Å²) in [6.07, 6.45) is 2.19. The van der Waals surface area contributed by atoms with Crippen LogP contribution in [0, 0.1) is 0 Å². The van der Waals surface area contributed by atoms with Crippen molar-refractivity contribution in [3.05, 3.63) is 47.2 Å². The zero-order chi connectivity index (χ0) is 20.9. The summed E-state index contributed by atoms with van der Waals surface area (Å²) in [5.74, 6) is 1.76. The van der Waals surface area contributed by atoms with Crippen LogP contribution in [0.5, 0.6) is 0 Å². The number of piperazine rings is 1. The minimum atomic E-state index is 0.0194. The summed E-state index contributed by atoms with van der Waals surface area (Å²) in [5, 5.41) is 3.79. The second-order valence-corrected chi connectivity index (χ2v) is 9.05. The van der Waals surface area contributed by atoms with E-state index in [9.17, 15) is 4.79 Å². The Bertz CT molecular complexity index is 864. The highest BCUT2D eigenvalue weighted by Gasteiger charge is 2.23. The molecule has 1 aliphatic heterocycles. The number of likely N-dealkylation sites (N-methyl/N-ethyl adjacent to an activating group) is 1. The van der Waals surface area contributed by atoms with Gasteiger partial charge in [-0.2, -0.15) is 0 Å². The number of nitrogens with one attached hydrogen (secondary N) is 2. The van der Waals surface area contributed by atoms with Gasteiger partial charge in [-0.25, -0.2) is 9.97 Å². The second kappa shape index (κ2) is 9.76. The van der Waals surface area contributed by atoms with Crippen molar-refractivity contribution in [3.8, 4) is 0 Å². The van der Waals surface area contributed by atoms with E-state index >= 15 is 0 Å². The summed E-state index contributed by atoms with van der Waals surface area (Å²) in [4.78, 5) is 25.5. The lowest BCUT2D eigenvalue weighted by Gasteiger charge is -2.31.